The van der Waals surface area contributed by atoms with Crippen LogP contribution in [0.5, 0.6) is 11.5 Å². The number of likely N-dealkylation sites (tertiary alicyclic amines) is 1. The molecule has 3 rings (SSSR count). The fourth-order valence-corrected chi connectivity index (χ4v) is 4.24. The molecule has 0 amide bonds. The SMILES string of the molecule is CCOc1cc(C(c2cccc(Br)c2)N2CCC(C(=O)O)CC2)ccc1OC. The first-order valence-corrected chi connectivity index (χ1v) is 10.4. The second-order valence-corrected chi connectivity index (χ2v) is 7.87. The number of piperidine rings is 1. The maximum Gasteiger partial charge on any atom is 0.306 e. The summed E-state index contributed by atoms with van der Waals surface area (Å²) >= 11 is 3.58. The lowest BCUT2D eigenvalue weighted by Gasteiger charge is -2.37. The van der Waals surface area contributed by atoms with E-state index in [-0.39, 0.29) is 12.0 Å². The molecule has 0 bridgehead atoms. The van der Waals surface area contributed by atoms with Crippen molar-refractivity contribution in [2.45, 2.75) is 25.8 Å². The third-order valence-corrected chi connectivity index (χ3v) is 5.70. The molecule has 6 heteroatoms. The van der Waals surface area contributed by atoms with Gasteiger partial charge in [0.25, 0.3) is 0 Å². The topological polar surface area (TPSA) is 59.0 Å². The summed E-state index contributed by atoms with van der Waals surface area (Å²) in [6.45, 7) is 3.99. The van der Waals surface area contributed by atoms with Gasteiger partial charge in [-0.3, -0.25) is 9.69 Å². The Morgan fingerprint density at radius 2 is 1.89 bits per heavy atom. The quantitative estimate of drug-likeness (QED) is 0.663. The van der Waals surface area contributed by atoms with Crippen LogP contribution >= 0.6 is 15.9 Å². The van der Waals surface area contributed by atoms with Gasteiger partial charge in [-0.1, -0.05) is 34.1 Å². The van der Waals surface area contributed by atoms with E-state index in [9.17, 15) is 9.90 Å². The summed E-state index contributed by atoms with van der Waals surface area (Å²) in [7, 11) is 1.64. The number of halogens is 1. The van der Waals surface area contributed by atoms with Crippen LogP contribution in [0, 0.1) is 5.92 Å². The van der Waals surface area contributed by atoms with Gasteiger partial charge in [0, 0.05) is 4.47 Å². The van der Waals surface area contributed by atoms with E-state index in [0.29, 0.717) is 25.2 Å². The van der Waals surface area contributed by atoms with Gasteiger partial charge in [0.05, 0.1) is 25.7 Å². The molecule has 150 valence electrons. The molecule has 2 aromatic rings. The zero-order chi connectivity index (χ0) is 20.1. The zero-order valence-electron chi connectivity index (χ0n) is 16.2. The highest BCUT2D eigenvalue weighted by Crippen LogP contribution is 2.37. The number of benzene rings is 2. The number of carboxylic acid groups (broad SMARTS) is 1. The van der Waals surface area contributed by atoms with Crippen molar-refractivity contribution in [3.8, 4) is 11.5 Å². The van der Waals surface area contributed by atoms with Crippen LogP contribution in [0.3, 0.4) is 0 Å². The van der Waals surface area contributed by atoms with Gasteiger partial charge in [-0.15, -0.1) is 0 Å². The number of nitrogens with zero attached hydrogens (tertiary/aromatic N) is 1. The summed E-state index contributed by atoms with van der Waals surface area (Å²) in [4.78, 5) is 13.7. The fraction of sp³-hybridized carbons (Fsp3) is 0.409. The van der Waals surface area contributed by atoms with E-state index in [0.717, 1.165) is 34.4 Å². The van der Waals surface area contributed by atoms with Gasteiger partial charge in [0.1, 0.15) is 0 Å². The lowest BCUT2D eigenvalue weighted by Crippen LogP contribution is -2.39. The molecule has 5 nitrogen and oxygen atoms in total. The number of hydrogen-bond donors (Lipinski definition) is 1. The van der Waals surface area contributed by atoms with E-state index in [2.05, 4.69) is 39.0 Å². The van der Waals surface area contributed by atoms with E-state index in [1.165, 1.54) is 0 Å². The van der Waals surface area contributed by atoms with E-state index >= 15 is 0 Å². The number of rotatable bonds is 7. The highest BCUT2D eigenvalue weighted by Gasteiger charge is 2.30. The normalized spacial score (nSPS) is 16.5. The van der Waals surface area contributed by atoms with Crippen molar-refractivity contribution < 1.29 is 19.4 Å². The molecular weight excluding hydrogens is 422 g/mol. The Labute approximate surface area is 174 Å². The average Bonchev–Trinajstić information content (AvgIpc) is 2.69. The molecule has 1 heterocycles. The van der Waals surface area contributed by atoms with Crippen LogP contribution < -0.4 is 9.47 Å². The van der Waals surface area contributed by atoms with Crippen LogP contribution in [0.4, 0.5) is 0 Å². The minimum atomic E-state index is -0.693. The van der Waals surface area contributed by atoms with Gasteiger partial charge in [-0.25, -0.2) is 0 Å². The molecule has 1 fully saturated rings. The average molecular weight is 448 g/mol. The number of carboxylic acids is 1. The summed E-state index contributed by atoms with van der Waals surface area (Å²) < 4.78 is 12.2. The highest BCUT2D eigenvalue weighted by atomic mass is 79.9. The molecule has 0 radical (unpaired) electrons. The van der Waals surface area contributed by atoms with Gasteiger partial charge in [0.2, 0.25) is 0 Å². The summed E-state index contributed by atoms with van der Waals surface area (Å²) in [5, 5.41) is 9.33. The molecule has 1 aliphatic rings. The first kappa shape index (κ1) is 20.7. The molecule has 2 aromatic carbocycles. The predicted octanol–water partition coefficient (Wildman–Crippen LogP) is 4.74. The Bertz CT molecular complexity index is 818. The van der Waals surface area contributed by atoms with Crippen LogP contribution in [0.15, 0.2) is 46.9 Å². The van der Waals surface area contributed by atoms with Gasteiger partial charge in [-0.2, -0.15) is 0 Å². The van der Waals surface area contributed by atoms with Crippen molar-refractivity contribution in [3.63, 3.8) is 0 Å². The summed E-state index contributed by atoms with van der Waals surface area (Å²) in [6, 6.07) is 14.3. The van der Waals surface area contributed by atoms with Crippen LogP contribution in [0.1, 0.15) is 36.9 Å². The molecule has 0 aliphatic carbocycles. The molecule has 1 atom stereocenters. The van der Waals surface area contributed by atoms with Crippen LogP contribution in [-0.2, 0) is 4.79 Å². The van der Waals surface area contributed by atoms with Crippen LogP contribution in [0.2, 0.25) is 0 Å². The summed E-state index contributed by atoms with van der Waals surface area (Å²) in [6.07, 6.45) is 1.32. The smallest absolute Gasteiger partial charge is 0.306 e. The number of aliphatic carboxylic acids is 1. The monoisotopic (exact) mass is 447 g/mol. The van der Waals surface area contributed by atoms with E-state index in [1.54, 1.807) is 7.11 Å². The molecule has 0 aromatic heterocycles. The van der Waals surface area contributed by atoms with E-state index < -0.39 is 5.97 Å². The molecule has 0 spiro atoms. The largest absolute Gasteiger partial charge is 0.493 e. The molecular formula is C22H26BrNO4. The maximum atomic E-state index is 11.3. The van der Waals surface area contributed by atoms with Crippen LogP contribution in [0.25, 0.3) is 0 Å². The van der Waals surface area contributed by atoms with E-state index in [4.69, 9.17) is 9.47 Å². The number of hydrogen-bond acceptors (Lipinski definition) is 4. The number of ether oxygens (including phenoxy) is 2. The lowest BCUT2D eigenvalue weighted by atomic mass is 9.91. The Balaban J connectivity index is 1.98. The van der Waals surface area contributed by atoms with Gasteiger partial charge >= 0.3 is 5.97 Å². The highest BCUT2D eigenvalue weighted by molar-refractivity contribution is 9.10. The number of methoxy groups -OCH3 is 1. The van der Waals surface area contributed by atoms with Gasteiger partial charge in [0.15, 0.2) is 11.5 Å². The second kappa shape index (κ2) is 9.43. The Kier molecular flexibility index (Phi) is 6.97. The summed E-state index contributed by atoms with van der Waals surface area (Å²) in [5.41, 5.74) is 2.27. The Morgan fingerprint density at radius 3 is 2.50 bits per heavy atom. The molecule has 28 heavy (non-hydrogen) atoms. The van der Waals surface area contributed by atoms with Crippen molar-refractivity contribution in [1.82, 2.24) is 4.90 Å². The molecule has 0 saturated carbocycles. The van der Waals surface area contributed by atoms with Gasteiger partial charge in [-0.05, 0) is 68.2 Å². The zero-order valence-corrected chi connectivity index (χ0v) is 17.8. The van der Waals surface area contributed by atoms with Gasteiger partial charge < -0.3 is 14.6 Å². The Hall–Kier alpha value is -2.05. The predicted molar refractivity (Wildman–Crippen MR) is 112 cm³/mol. The first-order chi connectivity index (χ1) is 13.5. The van der Waals surface area contributed by atoms with Crippen molar-refractivity contribution in [3.05, 3.63) is 58.1 Å². The molecule has 1 N–H and O–H groups in total. The lowest BCUT2D eigenvalue weighted by molar-refractivity contribution is -0.143. The standard InChI is InChI=1S/C22H26BrNO4/c1-3-28-20-14-17(7-8-19(20)27-2)21(16-5-4-6-18(23)13-16)24-11-9-15(10-12-24)22(25)26/h4-8,13-15,21H,3,9-12H2,1-2H3,(H,25,26). The van der Waals surface area contributed by atoms with Crippen molar-refractivity contribution in [1.29, 1.82) is 0 Å². The molecule has 1 saturated heterocycles. The minimum absolute atomic E-state index is 0.0253. The van der Waals surface area contributed by atoms with E-state index in [1.807, 2.05) is 31.2 Å². The first-order valence-electron chi connectivity index (χ1n) is 9.56. The minimum Gasteiger partial charge on any atom is -0.493 e. The van der Waals surface area contributed by atoms with Crippen molar-refractivity contribution in [2.24, 2.45) is 5.92 Å². The van der Waals surface area contributed by atoms with Crippen LogP contribution in [-0.4, -0.2) is 42.8 Å². The van der Waals surface area contributed by atoms with Crippen molar-refractivity contribution in [2.75, 3.05) is 26.8 Å². The molecule has 1 aliphatic heterocycles. The second-order valence-electron chi connectivity index (χ2n) is 6.95. The molecule has 1 unspecified atom stereocenters. The fourth-order valence-electron chi connectivity index (χ4n) is 3.83. The maximum absolute atomic E-state index is 11.3. The Morgan fingerprint density at radius 1 is 1.18 bits per heavy atom. The third-order valence-electron chi connectivity index (χ3n) is 5.21. The summed E-state index contributed by atoms with van der Waals surface area (Å²) in [5.74, 6) is 0.488. The third kappa shape index (κ3) is 4.67. The number of carbonyl (C=O) groups is 1. The van der Waals surface area contributed by atoms with Crippen molar-refractivity contribution >= 4 is 21.9 Å².